The van der Waals surface area contributed by atoms with E-state index in [0.29, 0.717) is 12.8 Å². The highest BCUT2D eigenvalue weighted by Gasteiger charge is 2.39. The Hall–Kier alpha value is -3.22. The summed E-state index contributed by atoms with van der Waals surface area (Å²) in [6, 6.07) is -4.79. The summed E-state index contributed by atoms with van der Waals surface area (Å²) in [7, 11) is 0. The van der Waals surface area contributed by atoms with Gasteiger partial charge in [-0.25, -0.2) is 4.79 Å². The summed E-state index contributed by atoms with van der Waals surface area (Å²) >= 11 is 0. The van der Waals surface area contributed by atoms with Crippen molar-refractivity contribution in [1.29, 1.82) is 0 Å². The maximum Gasteiger partial charge on any atom is 0.326 e. The average Bonchev–Trinajstić information content (AvgIpc) is 3.23. The van der Waals surface area contributed by atoms with Crippen LogP contribution in [-0.2, 0) is 28.8 Å². The predicted octanol–water partition coefficient (Wildman–Crippen LogP) is -1.85. The van der Waals surface area contributed by atoms with Crippen LogP contribution < -0.4 is 22.1 Å². The molecule has 33 heavy (non-hydrogen) atoms. The largest absolute Gasteiger partial charge is 0.481 e. The van der Waals surface area contributed by atoms with Gasteiger partial charge in [-0.15, -0.1) is 0 Å². The first-order valence-electron chi connectivity index (χ1n) is 10.8. The van der Waals surface area contributed by atoms with E-state index in [9.17, 15) is 33.9 Å². The third-order valence-electron chi connectivity index (χ3n) is 5.64. The van der Waals surface area contributed by atoms with Gasteiger partial charge >= 0.3 is 11.9 Å². The molecular weight excluding hydrogens is 438 g/mol. The topological polar surface area (TPSA) is 222 Å². The number of rotatable bonds is 13. The summed E-state index contributed by atoms with van der Waals surface area (Å²) < 4.78 is 0. The van der Waals surface area contributed by atoms with Crippen molar-refractivity contribution < 1.29 is 39.0 Å². The lowest BCUT2D eigenvalue weighted by Gasteiger charge is -2.30. The summed E-state index contributed by atoms with van der Waals surface area (Å²) in [6.45, 7) is 3.63. The molecule has 186 valence electrons. The number of carboxylic acid groups (broad SMARTS) is 2. The zero-order valence-electron chi connectivity index (χ0n) is 18.8. The van der Waals surface area contributed by atoms with Gasteiger partial charge in [0.25, 0.3) is 0 Å². The Balaban J connectivity index is 3.05. The molecule has 0 radical (unpaired) electrons. The first kappa shape index (κ1) is 27.8. The molecule has 5 atom stereocenters. The van der Waals surface area contributed by atoms with Gasteiger partial charge in [-0.05, 0) is 25.2 Å². The van der Waals surface area contributed by atoms with E-state index >= 15 is 0 Å². The van der Waals surface area contributed by atoms with Crippen LogP contribution in [0.15, 0.2) is 0 Å². The summed E-state index contributed by atoms with van der Waals surface area (Å²) in [6.07, 6.45) is 0.191. The number of aliphatic carboxylic acids is 2. The van der Waals surface area contributed by atoms with Crippen molar-refractivity contribution in [3.63, 3.8) is 0 Å². The number of carbonyl (C=O) groups excluding carboxylic acids is 4. The predicted molar refractivity (Wildman–Crippen MR) is 114 cm³/mol. The zero-order valence-corrected chi connectivity index (χ0v) is 18.8. The van der Waals surface area contributed by atoms with Crippen molar-refractivity contribution in [2.24, 2.45) is 17.4 Å². The zero-order chi connectivity index (χ0) is 25.3. The molecule has 8 N–H and O–H groups in total. The molecule has 4 amide bonds. The smallest absolute Gasteiger partial charge is 0.326 e. The lowest BCUT2D eigenvalue weighted by Crippen LogP contribution is -2.58. The molecule has 1 fully saturated rings. The van der Waals surface area contributed by atoms with E-state index in [4.69, 9.17) is 16.6 Å². The second-order valence-corrected chi connectivity index (χ2v) is 8.17. The van der Waals surface area contributed by atoms with Crippen LogP contribution in [0.4, 0.5) is 0 Å². The lowest BCUT2D eigenvalue weighted by molar-refractivity contribution is -0.149. The minimum absolute atomic E-state index is 0.150. The summed E-state index contributed by atoms with van der Waals surface area (Å²) in [5.74, 6) is -5.80. The maximum absolute atomic E-state index is 13.0. The van der Waals surface area contributed by atoms with Crippen LogP contribution in [0, 0.1) is 5.92 Å². The molecule has 1 aliphatic heterocycles. The minimum Gasteiger partial charge on any atom is -0.481 e. The third-order valence-corrected chi connectivity index (χ3v) is 5.64. The molecule has 1 heterocycles. The Morgan fingerprint density at radius 1 is 1.09 bits per heavy atom. The van der Waals surface area contributed by atoms with Gasteiger partial charge in [-0.1, -0.05) is 20.3 Å². The SMILES string of the molecule is CCC(C)C(NC(=O)C(N)CC(=O)O)C(=O)NC(CCC(N)=O)C(=O)N1CCCC1C(=O)O. The van der Waals surface area contributed by atoms with Crippen molar-refractivity contribution in [1.82, 2.24) is 15.5 Å². The fourth-order valence-electron chi connectivity index (χ4n) is 3.54. The highest BCUT2D eigenvalue weighted by molar-refractivity contribution is 5.95. The highest BCUT2D eigenvalue weighted by atomic mass is 16.4. The number of nitrogens with two attached hydrogens (primary N) is 2. The standard InChI is InChI=1S/C20H33N5O8/c1-3-10(2)16(24-17(29)11(21)9-15(27)28)18(30)23-12(6-7-14(22)26)19(31)25-8-4-5-13(25)20(32)33/h10-13,16H,3-9,21H2,1-2H3,(H2,22,26)(H,23,30)(H,24,29)(H,27,28)(H,32,33). The molecule has 13 nitrogen and oxygen atoms in total. The van der Waals surface area contributed by atoms with Crippen LogP contribution in [0.2, 0.25) is 0 Å². The van der Waals surface area contributed by atoms with Gasteiger partial charge in [0.05, 0.1) is 12.5 Å². The molecule has 0 aliphatic carbocycles. The van der Waals surface area contributed by atoms with Crippen LogP contribution in [0.25, 0.3) is 0 Å². The normalized spacial score (nSPS) is 19.1. The van der Waals surface area contributed by atoms with Crippen LogP contribution in [0.5, 0.6) is 0 Å². The molecule has 0 aromatic rings. The molecule has 13 heteroatoms. The van der Waals surface area contributed by atoms with Gasteiger partial charge in [0.2, 0.25) is 23.6 Å². The Bertz CT molecular complexity index is 774. The van der Waals surface area contributed by atoms with E-state index in [0.717, 1.165) is 4.90 Å². The highest BCUT2D eigenvalue weighted by Crippen LogP contribution is 2.20. The number of carbonyl (C=O) groups is 6. The third kappa shape index (κ3) is 8.33. The van der Waals surface area contributed by atoms with E-state index in [1.165, 1.54) is 0 Å². The first-order valence-corrected chi connectivity index (χ1v) is 10.8. The van der Waals surface area contributed by atoms with Gasteiger partial charge in [0, 0.05) is 13.0 Å². The molecule has 1 aliphatic rings. The van der Waals surface area contributed by atoms with Crippen molar-refractivity contribution in [3.05, 3.63) is 0 Å². The Labute approximate surface area is 191 Å². The van der Waals surface area contributed by atoms with E-state index < -0.39 is 72.1 Å². The Morgan fingerprint density at radius 3 is 2.24 bits per heavy atom. The number of likely N-dealkylation sites (tertiary alicyclic amines) is 1. The molecule has 1 rings (SSSR count). The van der Waals surface area contributed by atoms with Crippen molar-refractivity contribution in [3.8, 4) is 0 Å². The quantitative estimate of drug-likeness (QED) is 0.177. The number of primary amides is 1. The van der Waals surface area contributed by atoms with Gasteiger partial charge in [0.1, 0.15) is 18.1 Å². The molecule has 1 saturated heterocycles. The number of nitrogens with zero attached hydrogens (tertiary/aromatic N) is 1. The van der Waals surface area contributed by atoms with Crippen LogP contribution in [0.3, 0.4) is 0 Å². The molecule has 0 aromatic carbocycles. The molecule has 0 saturated carbocycles. The van der Waals surface area contributed by atoms with E-state index in [-0.39, 0.29) is 25.8 Å². The van der Waals surface area contributed by atoms with Gasteiger partial charge in [-0.3, -0.25) is 24.0 Å². The van der Waals surface area contributed by atoms with E-state index in [2.05, 4.69) is 10.6 Å². The van der Waals surface area contributed by atoms with Crippen LogP contribution >= 0.6 is 0 Å². The minimum atomic E-state index is -1.38. The van der Waals surface area contributed by atoms with Crippen molar-refractivity contribution in [2.45, 2.75) is 76.5 Å². The second-order valence-electron chi connectivity index (χ2n) is 8.17. The van der Waals surface area contributed by atoms with Gasteiger partial charge in [0.15, 0.2) is 0 Å². The Kier molecular flexibility index (Phi) is 10.7. The molecule has 0 bridgehead atoms. The summed E-state index contributed by atoms with van der Waals surface area (Å²) in [4.78, 5) is 73.1. The fourth-order valence-corrected chi connectivity index (χ4v) is 3.54. The second kappa shape index (κ2) is 12.7. The van der Waals surface area contributed by atoms with Crippen molar-refractivity contribution >= 4 is 35.6 Å². The number of amides is 4. The van der Waals surface area contributed by atoms with E-state index in [1.807, 2.05) is 0 Å². The number of carboxylic acids is 2. The molecule has 0 aromatic heterocycles. The van der Waals surface area contributed by atoms with Crippen molar-refractivity contribution in [2.75, 3.05) is 6.54 Å². The van der Waals surface area contributed by atoms with Gasteiger partial charge in [-0.2, -0.15) is 0 Å². The monoisotopic (exact) mass is 471 g/mol. The first-order chi connectivity index (χ1) is 15.4. The number of hydrogen-bond donors (Lipinski definition) is 6. The number of nitrogens with one attached hydrogen (secondary N) is 2. The molecule has 5 unspecified atom stereocenters. The molecule has 0 spiro atoms. The Morgan fingerprint density at radius 2 is 1.73 bits per heavy atom. The number of hydrogen-bond acceptors (Lipinski definition) is 7. The average molecular weight is 472 g/mol. The fraction of sp³-hybridized carbons (Fsp3) is 0.700. The molecular formula is C20H33N5O8. The van der Waals surface area contributed by atoms with Gasteiger partial charge < -0.3 is 37.2 Å². The summed E-state index contributed by atoms with van der Waals surface area (Å²) in [5.41, 5.74) is 10.8. The maximum atomic E-state index is 13.0. The van der Waals surface area contributed by atoms with Crippen LogP contribution in [0.1, 0.15) is 52.4 Å². The lowest BCUT2D eigenvalue weighted by atomic mass is 9.97. The summed E-state index contributed by atoms with van der Waals surface area (Å²) in [5, 5.41) is 23.1. The van der Waals surface area contributed by atoms with Crippen LogP contribution in [-0.4, -0.2) is 81.4 Å². The van der Waals surface area contributed by atoms with E-state index in [1.54, 1.807) is 13.8 Å².